The van der Waals surface area contributed by atoms with Crippen molar-refractivity contribution in [3.63, 3.8) is 0 Å². The van der Waals surface area contributed by atoms with Gasteiger partial charge in [-0.15, -0.1) is 5.10 Å². The Morgan fingerprint density at radius 1 is 0.966 bits per heavy atom. The van der Waals surface area contributed by atoms with Gasteiger partial charge in [-0.2, -0.15) is 4.98 Å². The van der Waals surface area contributed by atoms with Crippen molar-refractivity contribution < 1.29 is 4.79 Å². The van der Waals surface area contributed by atoms with E-state index in [1.165, 1.54) is 0 Å². The van der Waals surface area contributed by atoms with Gasteiger partial charge in [0.05, 0.1) is 6.42 Å². The lowest BCUT2D eigenvalue weighted by Crippen LogP contribution is -2.17. The van der Waals surface area contributed by atoms with Gasteiger partial charge in [0, 0.05) is 28.2 Å². The molecule has 2 aromatic carbocycles. The number of hydrogen-bond acceptors (Lipinski definition) is 4. The van der Waals surface area contributed by atoms with Crippen LogP contribution in [0.5, 0.6) is 0 Å². The fraction of sp³-hybridized carbons (Fsp3) is 0.217. The molecule has 0 unspecified atom stereocenters. The number of nitrogens with one attached hydrogen (secondary N) is 1. The van der Waals surface area contributed by atoms with Gasteiger partial charge in [0.1, 0.15) is 0 Å². The number of carbonyl (C=O) groups is 1. The van der Waals surface area contributed by atoms with Crippen molar-refractivity contribution in [3.05, 3.63) is 76.6 Å². The van der Waals surface area contributed by atoms with Gasteiger partial charge in [0.2, 0.25) is 5.91 Å². The molecule has 2 aromatic heterocycles. The van der Waals surface area contributed by atoms with Crippen LogP contribution in [0.2, 0.25) is 0 Å². The molecule has 0 spiro atoms. The molecule has 0 aliphatic heterocycles. The van der Waals surface area contributed by atoms with E-state index in [0.29, 0.717) is 11.6 Å². The van der Waals surface area contributed by atoms with Crippen molar-refractivity contribution in [2.24, 2.45) is 0 Å². The third-order valence-electron chi connectivity index (χ3n) is 5.11. The van der Waals surface area contributed by atoms with E-state index in [1.807, 2.05) is 76.2 Å². The molecule has 0 bridgehead atoms. The topological polar surface area (TPSA) is 72.2 Å². The van der Waals surface area contributed by atoms with Gasteiger partial charge < -0.3 is 5.32 Å². The molecule has 0 saturated heterocycles. The van der Waals surface area contributed by atoms with Gasteiger partial charge in [-0.05, 0) is 45.4 Å². The maximum atomic E-state index is 12.6. The first-order valence-corrected chi connectivity index (χ1v) is 9.58. The lowest BCUT2D eigenvalue weighted by atomic mass is 10.1. The molecule has 0 aliphatic carbocycles. The molecule has 2 heterocycles. The third kappa shape index (κ3) is 3.74. The molecule has 1 amide bonds. The second-order valence-electron chi connectivity index (χ2n) is 7.31. The van der Waals surface area contributed by atoms with Crippen LogP contribution in [0.3, 0.4) is 0 Å². The van der Waals surface area contributed by atoms with Crippen LogP contribution in [0.1, 0.15) is 28.1 Å². The van der Waals surface area contributed by atoms with Crippen LogP contribution >= 0.6 is 0 Å². The fourth-order valence-electron chi connectivity index (χ4n) is 3.40. The number of amides is 1. The summed E-state index contributed by atoms with van der Waals surface area (Å²) in [6.07, 6.45) is 0.230. The Morgan fingerprint density at radius 2 is 1.69 bits per heavy atom. The Balaban J connectivity index is 1.65. The molecule has 0 radical (unpaired) electrons. The molecule has 0 aliphatic rings. The molecule has 0 atom stereocenters. The summed E-state index contributed by atoms with van der Waals surface area (Å²) < 4.78 is 1.73. The Kier molecular flexibility index (Phi) is 4.84. The van der Waals surface area contributed by atoms with E-state index in [2.05, 4.69) is 20.4 Å². The summed E-state index contributed by atoms with van der Waals surface area (Å²) in [7, 11) is 0. The van der Waals surface area contributed by atoms with Crippen LogP contribution in [-0.2, 0) is 11.2 Å². The first kappa shape index (κ1) is 18.8. The molecule has 0 fully saturated rings. The van der Waals surface area contributed by atoms with Crippen LogP contribution in [-0.4, -0.2) is 25.5 Å². The van der Waals surface area contributed by atoms with Crippen LogP contribution in [0, 0.1) is 27.7 Å². The Bertz CT molecular complexity index is 1210. The Hall–Kier alpha value is -3.54. The highest BCUT2D eigenvalue weighted by atomic mass is 16.1. The van der Waals surface area contributed by atoms with Gasteiger partial charge in [0.15, 0.2) is 5.82 Å². The van der Waals surface area contributed by atoms with Crippen LogP contribution < -0.4 is 5.32 Å². The van der Waals surface area contributed by atoms with Gasteiger partial charge in [-0.1, -0.05) is 42.0 Å². The zero-order valence-corrected chi connectivity index (χ0v) is 17.0. The average molecular weight is 385 g/mol. The van der Waals surface area contributed by atoms with Gasteiger partial charge >= 0.3 is 0 Å². The van der Waals surface area contributed by atoms with E-state index >= 15 is 0 Å². The van der Waals surface area contributed by atoms with Crippen LogP contribution in [0.25, 0.3) is 17.2 Å². The number of benzene rings is 2. The molecule has 4 aromatic rings. The predicted molar refractivity (Wildman–Crippen MR) is 114 cm³/mol. The second kappa shape index (κ2) is 7.47. The van der Waals surface area contributed by atoms with E-state index in [4.69, 9.17) is 0 Å². The summed E-state index contributed by atoms with van der Waals surface area (Å²) in [5.74, 6) is 1.10. The molecule has 6 heteroatoms. The summed E-state index contributed by atoms with van der Waals surface area (Å²) in [4.78, 5) is 21.8. The molecular weight excluding hydrogens is 362 g/mol. The first-order valence-electron chi connectivity index (χ1n) is 9.58. The van der Waals surface area contributed by atoms with Gasteiger partial charge in [-0.25, -0.2) is 9.50 Å². The van der Waals surface area contributed by atoms with E-state index in [9.17, 15) is 4.79 Å². The van der Waals surface area contributed by atoms with Crippen molar-refractivity contribution in [2.75, 3.05) is 5.32 Å². The van der Waals surface area contributed by atoms with Crippen molar-refractivity contribution in [2.45, 2.75) is 34.1 Å². The monoisotopic (exact) mass is 385 g/mol. The van der Waals surface area contributed by atoms with Gasteiger partial charge in [0.25, 0.3) is 5.78 Å². The number of aromatic nitrogens is 4. The van der Waals surface area contributed by atoms with E-state index < -0.39 is 0 Å². The summed E-state index contributed by atoms with van der Waals surface area (Å²) in [6, 6.07) is 15.8. The molecule has 0 saturated carbocycles. The largest absolute Gasteiger partial charge is 0.326 e. The lowest BCUT2D eigenvalue weighted by Gasteiger charge is -2.11. The van der Waals surface area contributed by atoms with Crippen molar-refractivity contribution >= 4 is 17.4 Å². The Morgan fingerprint density at radius 3 is 2.41 bits per heavy atom. The Labute approximate surface area is 169 Å². The molecule has 146 valence electrons. The number of aryl methyl sites for hydroxylation is 4. The minimum Gasteiger partial charge on any atom is -0.326 e. The highest BCUT2D eigenvalue weighted by Gasteiger charge is 2.17. The highest BCUT2D eigenvalue weighted by molar-refractivity contribution is 5.92. The number of hydrogen-bond donors (Lipinski definition) is 1. The summed E-state index contributed by atoms with van der Waals surface area (Å²) in [5, 5.41) is 7.60. The number of carbonyl (C=O) groups excluding carboxylic acids is 1. The normalized spacial score (nSPS) is 11.0. The number of fused-ring (bicyclic) bond motifs is 1. The standard InChI is InChI=1S/C23H23N5O/c1-14-9-11-18(12-10-14)25-21(29)13-20-16(3)24-23-26-22(27-28(23)17(20)4)19-8-6-5-7-15(19)2/h5-12H,13H2,1-4H3,(H,25,29). The van der Waals surface area contributed by atoms with Crippen LogP contribution in [0.4, 0.5) is 5.69 Å². The van der Waals surface area contributed by atoms with Crippen molar-refractivity contribution in [1.82, 2.24) is 19.6 Å². The van der Waals surface area contributed by atoms with E-state index in [1.54, 1.807) is 4.52 Å². The SMILES string of the molecule is Cc1ccc(NC(=O)Cc2c(C)nc3nc(-c4ccccc4C)nn3c2C)cc1. The molecule has 6 nitrogen and oxygen atoms in total. The number of rotatable bonds is 4. The molecule has 1 N–H and O–H groups in total. The quantitative estimate of drug-likeness (QED) is 0.571. The zero-order valence-electron chi connectivity index (χ0n) is 17.0. The minimum absolute atomic E-state index is 0.0829. The molecular formula is C23H23N5O. The second-order valence-corrected chi connectivity index (χ2v) is 7.31. The maximum Gasteiger partial charge on any atom is 0.253 e. The summed E-state index contributed by atoms with van der Waals surface area (Å²) in [6.45, 7) is 7.91. The number of nitrogens with zero attached hydrogens (tertiary/aromatic N) is 4. The minimum atomic E-state index is -0.0829. The number of anilines is 1. The smallest absolute Gasteiger partial charge is 0.253 e. The van der Waals surface area contributed by atoms with Gasteiger partial charge in [-0.3, -0.25) is 4.79 Å². The van der Waals surface area contributed by atoms with E-state index in [0.717, 1.165) is 39.3 Å². The van der Waals surface area contributed by atoms with Crippen LogP contribution in [0.15, 0.2) is 48.5 Å². The lowest BCUT2D eigenvalue weighted by molar-refractivity contribution is -0.115. The molecule has 29 heavy (non-hydrogen) atoms. The van der Waals surface area contributed by atoms with Crippen molar-refractivity contribution in [1.29, 1.82) is 0 Å². The summed E-state index contributed by atoms with van der Waals surface area (Å²) >= 11 is 0. The third-order valence-corrected chi connectivity index (χ3v) is 5.11. The highest BCUT2D eigenvalue weighted by Crippen LogP contribution is 2.22. The predicted octanol–water partition coefficient (Wildman–Crippen LogP) is 4.21. The summed E-state index contributed by atoms with van der Waals surface area (Å²) in [5.41, 5.74) is 6.55. The zero-order chi connectivity index (χ0) is 20.5. The maximum absolute atomic E-state index is 12.6. The molecule has 4 rings (SSSR count). The van der Waals surface area contributed by atoms with E-state index in [-0.39, 0.29) is 12.3 Å². The first-order chi connectivity index (χ1) is 13.9. The fourth-order valence-corrected chi connectivity index (χ4v) is 3.40. The van der Waals surface area contributed by atoms with Crippen molar-refractivity contribution in [3.8, 4) is 11.4 Å². The average Bonchev–Trinajstić information content (AvgIpc) is 3.11.